The summed E-state index contributed by atoms with van der Waals surface area (Å²) in [5, 5.41) is 0. The molecule has 7 atom stereocenters. The van der Waals surface area contributed by atoms with Gasteiger partial charge in [0.15, 0.2) is 0 Å². The van der Waals surface area contributed by atoms with E-state index in [-0.39, 0.29) is 0 Å². The summed E-state index contributed by atoms with van der Waals surface area (Å²) in [6.45, 7) is 19.7. The molecule has 3 aliphatic carbocycles. The van der Waals surface area contributed by atoms with E-state index in [1.165, 1.54) is 83.5 Å². The maximum Gasteiger partial charge on any atom is -0.0139 e. The quantitative estimate of drug-likeness (QED) is 0.267. The van der Waals surface area contributed by atoms with Crippen molar-refractivity contribution in [3.63, 3.8) is 0 Å². The smallest absolute Gasteiger partial charge is 0.0139 e. The van der Waals surface area contributed by atoms with Crippen LogP contribution in [0.5, 0.6) is 0 Å². The van der Waals surface area contributed by atoms with E-state index in [1.54, 1.807) is 5.57 Å². The zero-order valence-corrected chi connectivity index (χ0v) is 20.9. The molecule has 0 heterocycles. The highest BCUT2D eigenvalue weighted by Crippen LogP contribution is 2.68. The second-order valence-corrected chi connectivity index (χ2v) is 12.3. The van der Waals surface area contributed by atoms with Crippen molar-refractivity contribution in [1.29, 1.82) is 0 Å². The molecule has 0 spiro atoms. The monoisotopic (exact) mass is 400 g/mol. The molecular weight excluding hydrogens is 348 g/mol. The second kappa shape index (κ2) is 9.48. The fourth-order valence-electron chi connectivity index (χ4n) is 8.67. The molecule has 0 bridgehead atoms. The van der Waals surface area contributed by atoms with Crippen LogP contribution < -0.4 is 0 Å². The lowest BCUT2D eigenvalue weighted by molar-refractivity contribution is -0.0761. The third kappa shape index (κ3) is 4.39. The molecule has 0 saturated heterocycles. The first-order valence-corrected chi connectivity index (χ1v) is 13.5. The van der Waals surface area contributed by atoms with Crippen molar-refractivity contribution >= 4 is 0 Å². The predicted molar refractivity (Wildman–Crippen MR) is 129 cm³/mol. The van der Waals surface area contributed by atoms with Gasteiger partial charge in [-0.1, -0.05) is 85.8 Å². The van der Waals surface area contributed by atoms with E-state index in [4.69, 9.17) is 6.58 Å². The molecular formula is C29H52. The Balaban J connectivity index is 1.75. The van der Waals surface area contributed by atoms with Crippen LogP contribution in [-0.2, 0) is 0 Å². The minimum Gasteiger partial charge on any atom is -0.0995 e. The number of rotatable bonds is 9. The number of hydrogen-bond donors (Lipinski definition) is 0. The summed E-state index contributed by atoms with van der Waals surface area (Å²) in [6.07, 6.45) is 18.7. The van der Waals surface area contributed by atoms with Crippen LogP contribution in [0.3, 0.4) is 0 Å². The average Bonchev–Trinajstić information content (AvgIpc) is 2.99. The van der Waals surface area contributed by atoms with Gasteiger partial charge in [-0.05, 0) is 97.7 Å². The lowest BCUT2D eigenvalue weighted by Gasteiger charge is -2.60. The molecule has 168 valence electrons. The molecule has 0 amide bonds. The Morgan fingerprint density at radius 1 is 0.931 bits per heavy atom. The van der Waals surface area contributed by atoms with Crippen molar-refractivity contribution in [2.75, 3.05) is 0 Å². The highest BCUT2D eigenvalue weighted by Gasteiger charge is 2.59. The SMILES string of the molecule is C=C1CC(CCC)C(C)(CCC)C2CCC3(C)C(CCCCC(C)C)CCC3C12. The largest absolute Gasteiger partial charge is 0.0995 e. The van der Waals surface area contributed by atoms with E-state index in [0.717, 1.165) is 35.5 Å². The summed E-state index contributed by atoms with van der Waals surface area (Å²) in [7, 11) is 0. The molecule has 0 aromatic heterocycles. The molecule has 0 aromatic rings. The van der Waals surface area contributed by atoms with Crippen molar-refractivity contribution in [3.05, 3.63) is 12.2 Å². The summed E-state index contributed by atoms with van der Waals surface area (Å²) >= 11 is 0. The first-order chi connectivity index (χ1) is 13.8. The molecule has 0 heteroatoms. The van der Waals surface area contributed by atoms with Crippen LogP contribution >= 0.6 is 0 Å². The molecule has 0 nitrogen and oxygen atoms in total. The minimum atomic E-state index is 0.563. The topological polar surface area (TPSA) is 0 Å². The second-order valence-electron chi connectivity index (χ2n) is 12.3. The number of hydrogen-bond acceptors (Lipinski definition) is 0. The Morgan fingerprint density at radius 3 is 2.34 bits per heavy atom. The normalized spacial score (nSPS) is 42.2. The molecule has 0 radical (unpaired) electrons. The lowest BCUT2D eigenvalue weighted by Crippen LogP contribution is -2.52. The van der Waals surface area contributed by atoms with Crippen LogP contribution in [0.25, 0.3) is 0 Å². The van der Waals surface area contributed by atoms with Crippen molar-refractivity contribution < 1.29 is 0 Å². The van der Waals surface area contributed by atoms with Crippen LogP contribution in [0.1, 0.15) is 125 Å². The molecule has 29 heavy (non-hydrogen) atoms. The molecule has 0 aromatic carbocycles. The summed E-state index contributed by atoms with van der Waals surface area (Å²) in [6, 6.07) is 0. The van der Waals surface area contributed by atoms with Gasteiger partial charge in [0.1, 0.15) is 0 Å². The van der Waals surface area contributed by atoms with Gasteiger partial charge in [-0.15, -0.1) is 0 Å². The van der Waals surface area contributed by atoms with Gasteiger partial charge in [0.2, 0.25) is 0 Å². The van der Waals surface area contributed by atoms with Gasteiger partial charge in [0.25, 0.3) is 0 Å². The molecule has 3 saturated carbocycles. The Kier molecular flexibility index (Phi) is 7.65. The average molecular weight is 401 g/mol. The lowest BCUT2D eigenvalue weighted by atomic mass is 9.45. The fraction of sp³-hybridized carbons (Fsp3) is 0.931. The van der Waals surface area contributed by atoms with Gasteiger partial charge in [-0.3, -0.25) is 0 Å². The fourth-order valence-corrected chi connectivity index (χ4v) is 8.67. The summed E-state index contributed by atoms with van der Waals surface area (Å²) in [5.41, 5.74) is 2.83. The summed E-state index contributed by atoms with van der Waals surface area (Å²) in [5.74, 6) is 5.42. The zero-order chi connectivity index (χ0) is 21.2. The highest BCUT2D eigenvalue weighted by atomic mass is 14.6. The van der Waals surface area contributed by atoms with Crippen molar-refractivity contribution in [2.24, 2.45) is 46.3 Å². The van der Waals surface area contributed by atoms with Crippen LogP contribution in [0.2, 0.25) is 0 Å². The van der Waals surface area contributed by atoms with Gasteiger partial charge < -0.3 is 0 Å². The van der Waals surface area contributed by atoms with E-state index < -0.39 is 0 Å². The van der Waals surface area contributed by atoms with Gasteiger partial charge in [-0.2, -0.15) is 0 Å². The maximum atomic E-state index is 4.77. The van der Waals surface area contributed by atoms with E-state index >= 15 is 0 Å². The molecule has 7 unspecified atom stereocenters. The van der Waals surface area contributed by atoms with E-state index in [1.807, 2.05) is 0 Å². The van der Waals surface area contributed by atoms with Crippen molar-refractivity contribution in [1.82, 2.24) is 0 Å². The third-order valence-electron chi connectivity index (χ3n) is 10.2. The van der Waals surface area contributed by atoms with Gasteiger partial charge in [0.05, 0.1) is 0 Å². The van der Waals surface area contributed by atoms with Gasteiger partial charge >= 0.3 is 0 Å². The van der Waals surface area contributed by atoms with Crippen LogP contribution in [0.4, 0.5) is 0 Å². The van der Waals surface area contributed by atoms with Crippen molar-refractivity contribution in [2.45, 2.75) is 125 Å². The number of fused-ring (bicyclic) bond motifs is 3. The molecule has 0 aliphatic heterocycles. The first-order valence-electron chi connectivity index (χ1n) is 13.5. The van der Waals surface area contributed by atoms with E-state index in [9.17, 15) is 0 Å². The summed E-state index contributed by atoms with van der Waals surface area (Å²) < 4.78 is 0. The summed E-state index contributed by atoms with van der Waals surface area (Å²) in [4.78, 5) is 0. The Labute approximate surface area is 183 Å². The van der Waals surface area contributed by atoms with Crippen LogP contribution in [-0.4, -0.2) is 0 Å². The van der Waals surface area contributed by atoms with Gasteiger partial charge in [-0.25, -0.2) is 0 Å². The van der Waals surface area contributed by atoms with Crippen LogP contribution in [0.15, 0.2) is 12.2 Å². The minimum absolute atomic E-state index is 0.563. The Hall–Kier alpha value is -0.260. The highest BCUT2D eigenvalue weighted by molar-refractivity contribution is 5.20. The van der Waals surface area contributed by atoms with E-state index in [0.29, 0.717) is 10.8 Å². The van der Waals surface area contributed by atoms with Gasteiger partial charge in [0, 0.05) is 0 Å². The predicted octanol–water partition coefficient (Wildman–Crippen LogP) is 9.44. The first kappa shape index (κ1) is 23.4. The standard InChI is InChI=1S/C29H52/c1-8-12-24-20-22(5)27-25-16-15-23(14-11-10-13-21(3)4)29(25,7)19-17-26(27)28(24,6)18-9-2/h21,23-27H,5,8-20H2,1-4,6-7H3. The Bertz CT molecular complexity index is 544. The third-order valence-corrected chi connectivity index (χ3v) is 10.2. The molecule has 0 N–H and O–H groups in total. The zero-order valence-electron chi connectivity index (χ0n) is 20.9. The molecule has 3 fully saturated rings. The molecule has 3 aliphatic rings. The number of unbranched alkanes of at least 4 members (excludes halogenated alkanes) is 1. The van der Waals surface area contributed by atoms with Crippen LogP contribution in [0, 0.1) is 46.3 Å². The Morgan fingerprint density at radius 2 is 1.69 bits per heavy atom. The van der Waals surface area contributed by atoms with Crippen molar-refractivity contribution in [3.8, 4) is 0 Å². The maximum absolute atomic E-state index is 4.77. The molecule has 3 rings (SSSR count). The number of allylic oxidation sites excluding steroid dienone is 1. The van der Waals surface area contributed by atoms with E-state index in [2.05, 4.69) is 41.5 Å².